The van der Waals surface area contributed by atoms with E-state index in [1.54, 1.807) is 0 Å². The summed E-state index contributed by atoms with van der Waals surface area (Å²) in [6.07, 6.45) is 0.779. The second-order valence-electron chi connectivity index (χ2n) is 6.92. The van der Waals surface area contributed by atoms with Crippen molar-refractivity contribution in [3.63, 3.8) is 0 Å². The van der Waals surface area contributed by atoms with Gasteiger partial charge in [0.1, 0.15) is 18.0 Å². The number of aliphatic hydroxyl groups excluding tert-OH is 2. The molecule has 0 bridgehead atoms. The molecule has 0 aliphatic carbocycles. The smallest absolute Gasteiger partial charge is 0.550 e. The van der Waals surface area contributed by atoms with Gasteiger partial charge in [-0.25, -0.2) is 8.78 Å². The summed E-state index contributed by atoms with van der Waals surface area (Å²) in [5.41, 5.74) is 2.01. The molecule has 166 valence electrons. The summed E-state index contributed by atoms with van der Waals surface area (Å²) < 4.78 is 28.4. The van der Waals surface area contributed by atoms with Gasteiger partial charge in [0.05, 0.1) is 17.9 Å². The van der Waals surface area contributed by atoms with Crippen molar-refractivity contribution in [3.8, 4) is 0 Å². The number of aliphatic carboxylic acids is 1. The average Bonchev–Trinajstić information content (AvgIpc) is 3.27. The summed E-state index contributed by atoms with van der Waals surface area (Å²) in [6.45, 7) is 0. The zero-order valence-corrected chi connectivity index (χ0v) is 19.7. The van der Waals surface area contributed by atoms with Crippen LogP contribution in [0.5, 0.6) is 0 Å². The van der Waals surface area contributed by atoms with Gasteiger partial charge in [0.25, 0.3) is 0 Å². The first kappa shape index (κ1) is 26.5. The molecular formula is C22H19F2N4NaO4. The number of benzene rings is 2. The summed E-state index contributed by atoms with van der Waals surface area (Å²) in [5, 5.41) is 41.7. The second-order valence-corrected chi connectivity index (χ2v) is 6.92. The van der Waals surface area contributed by atoms with Gasteiger partial charge in [0.15, 0.2) is 0 Å². The third-order valence-corrected chi connectivity index (χ3v) is 4.51. The van der Waals surface area contributed by atoms with Gasteiger partial charge in [0.2, 0.25) is 0 Å². The molecule has 0 saturated heterocycles. The van der Waals surface area contributed by atoms with Gasteiger partial charge in [-0.15, -0.1) is 5.10 Å². The Kier molecular flexibility index (Phi) is 10.0. The van der Waals surface area contributed by atoms with E-state index in [1.165, 1.54) is 71.7 Å². The fraction of sp³-hybridized carbons (Fsp3) is 0.182. The number of rotatable bonds is 9. The quantitative estimate of drug-likeness (QED) is 0.282. The van der Waals surface area contributed by atoms with Crippen molar-refractivity contribution in [2.24, 2.45) is 0 Å². The minimum absolute atomic E-state index is 0. The number of carboxylic acid groups (broad SMARTS) is 1. The minimum atomic E-state index is -1.43. The van der Waals surface area contributed by atoms with E-state index in [4.69, 9.17) is 0 Å². The van der Waals surface area contributed by atoms with Crippen molar-refractivity contribution in [2.75, 3.05) is 0 Å². The summed E-state index contributed by atoms with van der Waals surface area (Å²) >= 11 is 0. The van der Waals surface area contributed by atoms with Crippen LogP contribution < -0.4 is 34.7 Å². The number of tetrazole rings is 1. The largest absolute Gasteiger partial charge is 1.00 e. The van der Waals surface area contributed by atoms with E-state index in [9.17, 15) is 28.9 Å². The molecule has 0 spiro atoms. The third kappa shape index (κ3) is 7.65. The number of aromatic nitrogens is 4. The normalized spacial score (nSPS) is 12.7. The Labute approximate surface area is 210 Å². The SMILES string of the molecule is O=C([O-])C[C@H](O)C[C@H](O)/C=C/C(=C(c1ccc(F)cc1)c1ccc(F)cc1)n1cnnn1.[Na+]. The first-order chi connectivity index (χ1) is 15.3. The number of nitrogens with zero attached hydrogens (tertiary/aromatic N) is 4. The molecule has 2 aromatic carbocycles. The molecule has 0 aliphatic heterocycles. The Morgan fingerprint density at radius 1 is 1.03 bits per heavy atom. The maximum absolute atomic E-state index is 13.5. The minimum Gasteiger partial charge on any atom is -0.550 e. The molecular weight excluding hydrogens is 445 g/mol. The maximum Gasteiger partial charge on any atom is 1.00 e. The molecule has 0 radical (unpaired) electrons. The van der Waals surface area contributed by atoms with Crippen LogP contribution in [0.2, 0.25) is 0 Å². The van der Waals surface area contributed by atoms with Crippen LogP contribution in [-0.4, -0.2) is 48.6 Å². The Balaban J connectivity index is 0.00000385. The third-order valence-electron chi connectivity index (χ3n) is 4.51. The van der Waals surface area contributed by atoms with Gasteiger partial charge in [-0.3, -0.25) is 0 Å². The molecule has 0 fully saturated rings. The number of carbonyl (C=O) groups excluding carboxylic acids is 1. The van der Waals surface area contributed by atoms with Gasteiger partial charge in [-0.1, -0.05) is 30.3 Å². The van der Waals surface area contributed by atoms with Crippen molar-refractivity contribution < 1.29 is 58.5 Å². The molecule has 0 unspecified atom stereocenters. The zero-order chi connectivity index (χ0) is 23.1. The van der Waals surface area contributed by atoms with E-state index < -0.39 is 36.2 Å². The van der Waals surface area contributed by atoms with E-state index >= 15 is 0 Å². The van der Waals surface area contributed by atoms with Crippen molar-refractivity contribution in [3.05, 3.63) is 89.8 Å². The monoisotopic (exact) mass is 464 g/mol. The molecule has 3 aromatic rings. The van der Waals surface area contributed by atoms with E-state index in [-0.39, 0.29) is 36.0 Å². The van der Waals surface area contributed by atoms with Crippen molar-refractivity contribution in [1.29, 1.82) is 0 Å². The molecule has 3 rings (SSSR count). The molecule has 0 amide bonds. The fourth-order valence-corrected chi connectivity index (χ4v) is 3.08. The standard InChI is InChI=1S/C22H20F2N4O4.Na/c23-16-5-1-14(2-6-16)22(15-3-7-17(24)8-4-15)20(28-13-25-26-27-28)10-9-18(29)11-19(30)12-21(31)32;/h1-10,13,18-19,29-30H,11-12H2,(H,31,32);/q;+1/p-1/b10-9+;/t18-,19-;/m1./s1. The molecule has 33 heavy (non-hydrogen) atoms. The van der Waals surface area contributed by atoms with Gasteiger partial charge in [-0.05, 0) is 51.9 Å². The van der Waals surface area contributed by atoms with Crippen LogP contribution in [0, 0.1) is 11.6 Å². The number of hydrogen-bond donors (Lipinski definition) is 2. The summed E-state index contributed by atoms with van der Waals surface area (Å²) in [5.74, 6) is -2.31. The van der Waals surface area contributed by atoms with Crippen molar-refractivity contribution >= 4 is 17.2 Å². The zero-order valence-electron chi connectivity index (χ0n) is 17.7. The molecule has 1 heterocycles. The second kappa shape index (κ2) is 12.5. The van der Waals surface area contributed by atoms with E-state index in [0.29, 0.717) is 22.4 Å². The van der Waals surface area contributed by atoms with Crippen LogP contribution in [0.3, 0.4) is 0 Å². The van der Waals surface area contributed by atoms with E-state index in [0.717, 1.165) is 0 Å². The van der Waals surface area contributed by atoms with Crippen LogP contribution in [0.25, 0.3) is 11.3 Å². The number of carbonyl (C=O) groups is 1. The maximum atomic E-state index is 13.5. The Morgan fingerprint density at radius 2 is 1.58 bits per heavy atom. The topological polar surface area (TPSA) is 124 Å². The first-order valence-corrected chi connectivity index (χ1v) is 9.57. The molecule has 2 atom stereocenters. The molecule has 1 aromatic heterocycles. The van der Waals surface area contributed by atoms with E-state index in [2.05, 4.69) is 15.5 Å². The molecule has 0 aliphatic rings. The fourth-order valence-electron chi connectivity index (χ4n) is 3.08. The number of carboxylic acids is 1. The van der Waals surface area contributed by atoms with Crippen molar-refractivity contribution in [1.82, 2.24) is 20.2 Å². The summed E-state index contributed by atoms with van der Waals surface area (Å²) in [7, 11) is 0. The van der Waals surface area contributed by atoms with Gasteiger partial charge in [0, 0.05) is 24.4 Å². The van der Waals surface area contributed by atoms with Crippen LogP contribution >= 0.6 is 0 Å². The Bertz CT molecular complexity index is 1060. The van der Waals surface area contributed by atoms with Gasteiger partial charge in [-0.2, -0.15) is 4.68 Å². The van der Waals surface area contributed by atoms with Gasteiger partial charge < -0.3 is 20.1 Å². The van der Waals surface area contributed by atoms with Crippen LogP contribution in [0.15, 0.2) is 67.0 Å². The van der Waals surface area contributed by atoms with Crippen LogP contribution in [-0.2, 0) is 4.79 Å². The molecule has 2 N–H and O–H groups in total. The number of hydrogen-bond acceptors (Lipinski definition) is 7. The Hall–Kier alpha value is -2.76. The van der Waals surface area contributed by atoms with E-state index in [1.807, 2.05) is 0 Å². The Morgan fingerprint density at radius 3 is 2.03 bits per heavy atom. The number of allylic oxidation sites excluding steroid dienone is 2. The number of halogens is 2. The average molecular weight is 464 g/mol. The predicted octanol–water partition coefficient (Wildman–Crippen LogP) is -1.82. The van der Waals surface area contributed by atoms with Gasteiger partial charge >= 0.3 is 29.6 Å². The molecule has 8 nitrogen and oxygen atoms in total. The van der Waals surface area contributed by atoms with Crippen LogP contribution in [0.1, 0.15) is 24.0 Å². The predicted molar refractivity (Wildman–Crippen MR) is 108 cm³/mol. The first-order valence-electron chi connectivity index (χ1n) is 9.57. The number of aliphatic hydroxyl groups is 2. The molecule has 0 saturated carbocycles. The van der Waals surface area contributed by atoms with Crippen molar-refractivity contribution in [2.45, 2.75) is 25.0 Å². The summed E-state index contributed by atoms with van der Waals surface area (Å²) in [4.78, 5) is 10.6. The molecule has 11 heteroatoms. The van der Waals surface area contributed by atoms with Crippen LogP contribution in [0.4, 0.5) is 8.78 Å². The summed E-state index contributed by atoms with van der Waals surface area (Å²) in [6, 6.07) is 11.2.